The zero-order valence-electron chi connectivity index (χ0n) is 11.7. The smallest absolute Gasteiger partial charge is 0.344 e. The third kappa shape index (κ3) is 2.49. The minimum absolute atomic E-state index is 0.0804. The molecule has 3 rings (SSSR count). The maximum absolute atomic E-state index is 12.5. The third-order valence-electron chi connectivity index (χ3n) is 3.70. The first-order valence-electron chi connectivity index (χ1n) is 6.99. The summed E-state index contributed by atoms with van der Waals surface area (Å²) >= 11 is 0. The molecule has 0 saturated carbocycles. The van der Waals surface area contributed by atoms with Gasteiger partial charge in [-0.3, -0.25) is 9.36 Å². The van der Waals surface area contributed by atoms with Gasteiger partial charge in [0, 0.05) is 13.0 Å². The summed E-state index contributed by atoms with van der Waals surface area (Å²) in [4.78, 5) is 27.8. The molecule has 1 aromatic heterocycles. The normalized spacial score (nSPS) is 15.5. The largest absolute Gasteiger partial charge is 0.479 e. The fourth-order valence-electron chi connectivity index (χ4n) is 2.55. The Morgan fingerprint density at radius 3 is 3.00 bits per heavy atom. The van der Waals surface area contributed by atoms with Gasteiger partial charge in [-0.05, 0) is 38.0 Å². The van der Waals surface area contributed by atoms with Crippen LogP contribution in [-0.4, -0.2) is 26.7 Å². The monoisotopic (exact) mass is 288 g/mol. The van der Waals surface area contributed by atoms with Crippen molar-refractivity contribution in [1.29, 1.82) is 0 Å². The van der Waals surface area contributed by atoms with Gasteiger partial charge in [-0.2, -0.15) is 0 Å². The second-order valence-electron chi connectivity index (χ2n) is 5.22. The molecule has 0 radical (unpaired) electrons. The number of carbonyl (C=O) groups is 1. The summed E-state index contributed by atoms with van der Waals surface area (Å²) in [6, 6.07) is 4.93. The van der Waals surface area contributed by atoms with Crippen LogP contribution < -0.4 is 10.3 Å². The maximum atomic E-state index is 12.5. The van der Waals surface area contributed by atoms with Gasteiger partial charge >= 0.3 is 5.97 Å². The number of fused-ring (bicyclic) bond motifs is 2. The van der Waals surface area contributed by atoms with Crippen molar-refractivity contribution >= 4 is 16.9 Å². The maximum Gasteiger partial charge on any atom is 0.344 e. The number of aromatic nitrogens is 2. The summed E-state index contributed by atoms with van der Waals surface area (Å²) in [5.41, 5.74) is 0.548. The molecular weight excluding hydrogens is 272 g/mol. The molecule has 1 atom stereocenters. The van der Waals surface area contributed by atoms with E-state index in [0.717, 1.165) is 25.1 Å². The number of nitrogens with zero attached hydrogens (tertiary/aromatic N) is 2. The second kappa shape index (κ2) is 5.20. The first-order valence-corrected chi connectivity index (χ1v) is 6.99. The zero-order valence-corrected chi connectivity index (χ0v) is 11.7. The molecular formula is C15H16N2O4. The van der Waals surface area contributed by atoms with E-state index in [1.165, 1.54) is 6.92 Å². The predicted octanol–water partition coefficient (Wildman–Crippen LogP) is 1.58. The van der Waals surface area contributed by atoms with Gasteiger partial charge in [0.1, 0.15) is 11.6 Å². The summed E-state index contributed by atoms with van der Waals surface area (Å²) in [6.45, 7) is 2.14. The molecule has 21 heavy (non-hydrogen) atoms. The standard InChI is InChI=1S/C15H16N2O4/c1-9(15(19)20)21-10-5-6-12-11(8-10)14(18)17-7-3-2-4-13(17)16-12/h5-6,8-9H,2-4,7H2,1H3,(H,19,20)/t9-/m0/s1. The Morgan fingerprint density at radius 1 is 1.43 bits per heavy atom. The summed E-state index contributed by atoms with van der Waals surface area (Å²) in [5, 5.41) is 9.33. The van der Waals surface area contributed by atoms with E-state index in [1.807, 2.05) is 0 Å². The van der Waals surface area contributed by atoms with Gasteiger partial charge in [0.15, 0.2) is 6.10 Å². The highest BCUT2D eigenvalue weighted by Gasteiger charge is 2.16. The molecule has 1 aliphatic rings. The van der Waals surface area contributed by atoms with Crippen LogP contribution in [-0.2, 0) is 17.8 Å². The van der Waals surface area contributed by atoms with Gasteiger partial charge in [-0.25, -0.2) is 9.78 Å². The van der Waals surface area contributed by atoms with E-state index in [2.05, 4.69) is 4.98 Å². The van der Waals surface area contributed by atoms with Gasteiger partial charge in [0.25, 0.3) is 5.56 Å². The Balaban J connectivity index is 2.07. The lowest BCUT2D eigenvalue weighted by molar-refractivity contribution is -0.144. The van der Waals surface area contributed by atoms with E-state index in [0.29, 0.717) is 23.2 Å². The van der Waals surface area contributed by atoms with Crippen LogP contribution in [0.5, 0.6) is 5.75 Å². The molecule has 0 bridgehead atoms. The molecule has 0 amide bonds. The van der Waals surface area contributed by atoms with Crippen molar-refractivity contribution in [2.45, 2.75) is 38.8 Å². The SMILES string of the molecule is C[C@H](Oc1ccc2nc3n(c(=O)c2c1)CCCC3)C(=O)O. The van der Waals surface area contributed by atoms with Crippen molar-refractivity contribution < 1.29 is 14.6 Å². The molecule has 0 aliphatic carbocycles. The van der Waals surface area contributed by atoms with E-state index >= 15 is 0 Å². The fraction of sp³-hybridized carbons (Fsp3) is 0.400. The number of rotatable bonds is 3. The van der Waals surface area contributed by atoms with Crippen LogP contribution in [0.4, 0.5) is 0 Å². The number of ether oxygens (including phenoxy) is 1. The number of carboxylic acids is 1. The Labute approximate surface area is 121 Å². The summed E-state index contributed by atoms with van der Waals surface area (Å²) in [5.74, 6) is 0.148. The van der Waals surface area contributed by atoms with Crippen molar-refractivity contribution in [2.24, 2.45) is 0 Å². The minimum Gasteiger partial charge on any atom is -0.479 e. The van der Waals surface area contributed by atoms with Gasteiger partial charge in [-0.1, -0.05) is 0 Å². The molecule has 0 fully saturated rings. The van der Waals surface area contributed by atoms with E-state index < -0.39 is 12.1 Å². The number of carboxylic acid groups (broad SMARTS) is 1. The molecule has 2 heterocycles. The molecule has 0 unspecified atom stereocenters. The van der Waals surface area contributed by atoms with Crippen LogP contribution in [0.15, 0.2) is 23.0 Å². The summed E-state index contributed by atoms with van der Waals surface area (Å²) in [7, 11) is 0. The van der Waals surface area contributed by atoms with E-state index in [9.17, 15) is 9.59 Å². The number of hydrogen-bond acceptors (Lipinski definition) is 4. The van der Waals surface area contributed by atoms with Gasteiger partial charge in [-0.15, -0.1) is 0 Å². The highest BCUT2D eigenvalue weighted by molar-refractivity contribution is 5.79. The zero-order chi connectivity index (χ0) is 15.0. The molecule has 0 spiro atoms. The van der Waals surface area contributed by atoms with Crippen molar-refractivity contribution in [3.63, 3.8) is 0 Å². The highest BCUT2D eigenvalue weighted by Crippen LogP contribution is 2.20. The predicted molar refractivity (Wildman–Crippen MR) is 76.7 cm³/mol. The molecule has 6 heteroatoms. The third-order valence-corrected chi connectivity index (χ3v) is 3.70. The van der Waals surface area contributed by atoms with E-state index in [-0.39, 0.29) is 5.56 Å². The minimum atomic E-state index is -1.05. The quantitative estimate of drug-likeness (QED) is 0.927. The Bertz CT molecular complexity index is 766. The van der Waals surface area contributed by atoms with Crippen molar-refractivity contribution in [1.82, 2.24) is 9.55 Å². The Morgan fingerprint density at radius 2 is 2.24 bits per heavy atom. The molecule has 1 N–H and O–H groups in total. The van der Waals surface area contributed by atoms with Crippen molar-refractivity contribution in [3.05, 3.63) is 34.4 Å². The average Bonchev–Trinajstić information content (AvgIpc) is 2.48. The number of aliphatic carboxylic acids is 1. The van der Waals surface area contributed by atoms with E-state index in [1.54, 1.807) is 22.8 Å². The summed E-state index contributed by atoms with van der Waals surface area (Å²) in [6.07, 6.45) is 1.89. The lowest BCUT2D eigenvalue weighted by Gasteiger charge is -2.18. The number of benzene rings is 1. The van der Waals surface area contributed by atoms with Gasteiger partial charge in [0.2, 0.25) is 0 Å². The van der Waals surface area contributed by atoms with Gasteiger partial charge < -0.3 is 9.84 Å². The molecule has 1 aliphatic heterocycles. The highest BCUT2D eigenvalue weighted by atomic mass is 16.5. The Kier molecular flexibility index (Phi) is 3.37. The average molecular weight is 288 g/mol. The lowest BCUT2D eigenvalue weighted by atomic mass is 10.1. The molecule has 2 aromatic rings. The molecule has 1 aromatic carbocycles. The van der Waals surface area contributed by atoms with E-state index in [4.69, 9.17) is 9.84 Å². The van der Waals surface area contributed by atoms with Crippen molar-refractivity contribution in [2.75, 3.05) is 0 Å². The molecule has 6 nitrogen and oxygen atoms in total. The lowest BCUT2D eigenvalue weighted by Crippen LogP contribution is -2.28. The fourth-order valence-corrected chi connectivity index (χ4v) is 2.55. The van der Waals surface area contributed by atoms with Crippen LogP contribution in [0.2, 0.25) is 0 Å². The topological polar surface area (TPSA) is 81.4 Å². The van der Waals surface area contributed by atoms with Crippen LogP contribution >= 0.6 is 0 Å². The number of aryl methyl sites for hydroxylation is 1. The van der Waals surface area contributed by atoms with Crippen molar-refractivity contribution in [3.8, 4) is 5.75 Å². The Hall–Kier alpha value is -2.37. The van der Waals surface area contributed by atoms with Gasteiger partial charge in [0.05, 0.1) is 10.9 Å². The molecule has 110 valence electrons. The van der Waals surface area contributed by atoms with Crippen LogP contribution in [0.1, 0.15) is 25.6 Å². The first-order chi connectivity index (χ1) is 10.1. The van der Waals surface area contributed by atoms with Crippen LogP contribution in [0, 0.1) is 0 Å². The van der Waals surface area contributed by atoms with Crippen LogP contribution in [0.25, 0.3) is 10.9 Å². The second-order valence-corrected chi connectivity index (χ2v) is 5.22. The first kappa shape index (κ1) is 13.6. The van der Waals surface area contributed by atoms with Crippen LogP contribution in [0.3, 0.4) is 0 Å². The summed E-state index contributed by atoms with van der Waals surface area (Å²) < 4.78 is 7.01. The molecule has 0 saturated heterocycles. The number of hydrogen-bond donors (Lipinski definition) is 1.